The molecule has 28 heavy (non-hydrogen) atoms. The number of halogens is 2. The van der Waals surface area contributed by atoms with Crippen LogP contribution in [0, 0.1) is 11.3 Å². The lowest BCUT2D eigenvalue weighted by Crippen LogP contribution is -2.25. The maximum Gasteiger partial charge on any atom is 0.338 e. The minimum atomic E-state index is -0.849. The van der Waals surface area contributed by atoms with E-state index in [2.05, 4.69) is 0 Å². The summed E-state index contributed by atoms with van der Waals surface area (Å²) in [5.74, 6) is -0.487. The molecule has 0 bridgehead atoms. The lowest BCUT2D eigenvalue weighted by molar-refractivity contribution is -0.139. The first-order valence-corrected chi connectivity index (χ1v) is 9.13. The normalized spacial score (nSPS) is 16.6. The predicted octanol–water partition coefficient (Wildman–Crippen LogP) is 4.90. The van der Waals surface area contributed by atoms with Crippen molar-refractivity contribution in [2.45, 2.75) is 19.8 Å². The number of nitrogens with zero attached hydrogens (tertiary/aromatic N) is 1. The van der Waals surface area contributed by atoms with Gasteiger partial charge >= 0.3 is 5.97 Å². The van der Waals surface area contributed by atoms with Crippen LogP contribution in [0.5, 0.6) is 0 Å². The number of hydrogen-bond acceptors (Lipinski definition) is 6. The van der Waals surface area contributed by atoms with Gasteiger partial charge in [-0.1, -0.05) is 23.2 Å². The van der Waals surface area contributed by atoms with E-state index < -0.39 is 11.9 Å². The van der Waals surface area contributed by atoms with Crippen LogP contribution in [0.15, 0.2) is 57.5 Å². The van der Waals surface area contributed by atoms with Crippen LogP contribution in [0.3, 0.4) is 0 Å². The molecule has 3 rings (SSSR count). The second-order valence-electron chi connectivity index (χ2n) is 5.94. The molecule has 1 aliphatic rings. The average molecular weight is 419 g/mol. The van der Waals surface area contributed by atoms with Crippen molar-refractivity contribution >= 4 is 29.2 Å². The van der Waals surface area contributed by atoms with Gasteiger partial charge in [-0.25, -0.2) is 4.79 Å². The molecule has 8 heteroatoms. The SMILES string of the molecule is CCOC(=O)C1=C(C)OC(N)=C(C#N)C1c1ccc(-c2ccc(Cl)cc2Cl)o1. The van der Waals surface area contributed by atoms with Crippen LogP contribution < -0.4 is 5.73 Å². The van der Waals surface area contributed by atoms with Gasteiger partial charge in [-0.15, -0.1) is 0 Å². The van der Waals surface area contributed by atoms with Crippen LogP contribution in [0.1, 0.15) is 25.5 Å². The maximum atomic E-state index is 12.5. The number of furan rings is 1. The molecule has 0 saturated carbocycles. The van der Waals surface area contributed by atoms with Crippen LogP contribution in [0.2, 0.25) is 10.0 Å². The number of carbonyl (C=O) groups is 1. The lowest BCUT2D eigenvalue weighted by Gasteiger charge is -2.25. The summed E-state index contributed by atoms with van der Waals surface area (Å²) in [5.41, 5.74) is 6.73. The van der Waals surface area contributed by atoms with Gasteiger partial charge in [0, 0.05) is 10.6 Å². The summed E-state index contributed by atoms with van der Waals surface area (Å²) in [6, 6.07) is 10.4. The van der Waals surface area contributed by atoms with E-state index in [1.807, 2.05) is 6.07 Å². The van der Waals surface area contributed by atoms with Gasteiger partial charge in [0.2, 0.25) is 5.88 Å². The van der Waals surface area contributed by atoms with Crippen molar-refractivity contribution in [3.05, 3.63) is 68.9 Å². The molecule has 6 nitrogen and oxygen atoms in total. The topological polar surface area (TPSA) is 98.5 Å². The van der Waals surface area contributed by atoms with Gasteiger partial charge in [0.15, 0.2) is 0 Å². The third-order valence-corrected chi connectivity index (χ3v) is 4.76. The number of benzene rings is 1. The first-order chi connectivity index (χ1) is 13.4. The van der Waals surface area contributed by atoms with Gasteiger partial charge in [-0.3, -0.25) is 0 Å². The Morgan fingerprint density at radius 1 is 1.32 bits per heavy atom. The summed E-state index contributed by atoms with van der Waals surface area (Å²) in [6.07, 6.45) is 0. The number of carbonyl (C=O) groups excluding carboxylic acids is 1. The Hall–Kier alpha value is -2.88. The van der Waals surface area contributed by atoms with E-state index in [1.54, 1.807) is 44.2 Å². The van der Waals surface area contributed by atoms with E-state index in [-0.39, 0.29) is 29.4 Å². The molecular formula is C20H16Cl2N2O4. The number of nitriles is 1. The van der Waals surface area contributed by atoms with E-state index in [0.717, 1.165) is 0 Å². The fraction of sp³-hybridized carbons (Fsp3) is 0.200. The Morgan fingerprint density at radius 3 is 2.71 bits per heavy atom. The van der Waals surface area contributed by atoms with Crippen molar-refractivity contribution in [3.63, 3.8) is 0 Å². The third-order valence-electron chi connectivity index (χ3n) is 4.21. The van der Waals surface area contributed by atoms with E-state index >= 15 is 0 Å². The van der Waals surface area contributed by atoms with Gasteiger partial charge in [0.1, 0.15) is 28.9 Å². The molecule has 0 saturated heterocycles. The van der Waals surface area contributed by atoms with Crippen molar-refractivity contribution in [1.29, 1.82) is 5.26 Å². The molecule has 1 unspecified atom stereocenters. The fourth-order valence-electron chi connectivity index (χ4n) is 2.98. The second kappa shape index (κ2) is 8.01. The Kier molecular flexibility index (Phi) is 5.68. The molecule has 1 aromatic carbocycles. The highest BCUT2D eigenvalue weighted by atomic mass is 35.5. The molecule has 0 radical (unpaired) electrons. The summed E-state index contributed by atoms with van der Waals surface area (Å²) in [5, 5.41) is 10.5. The zero-order chi connectivity index (χ0) is 20.4. The van der Waals surface area contributed by atoms with E-state index in [4.69, 9.17) is 42.8 Å². The first-order valence-electron chi connectivity index (χ1n) is 8.38. The van der Waals surface area contributed by atoms with Gasteiger partial charge in [-0.05, 0) is 44.2 Å². The number of ether oxygens (including phenoxy) is 2. The number of allylic oxidation sites excluding steroid dienone is 2. The Labute approximate surface area is 171 Å². The number of hydrogen-bond donors (Lipinski definition) is 1. The van der Waals surface area contributed by atoms with Crippen molar-refractivity contribution in [1.82, 2.24) is 0 Å². The summed E-state index contributed by atoms with van der Waals surface area (Å²) in [7, 11) is 0. The van der Waals surface area contributed by atoms with Crippen LogP contribution in [0.25, 0.3) is 11.3 Å². The van der Waals surface area contributed by atoms with Crippen LogP contribution in [-0.4, -0.2) is 12.6 Å². The number of rotatable bonds is 4. The second-order valence-corrected chi connectivity index (χ2v) is 6.78. The molecule has 0 fully saturated rings. The smallest absolute Gasteiger partial charge is 0.338 e. The van der Waals surface area contributed by atoms with Gasteiger partial charge in [-0.2, -0.15) is 5.26 Å². The summed E-state index contributed by atoms with van der Waals surface area (Å²) in [6.45, 7) is 3.45. The molecule has 1 aliphatic heterocycles. The van der Waals surface area contributed by atoms with Crippen LogP contribution in [-0.2, 0) is 14.3 Å². The molecule has 0 amide bonds. The lowest BCUT2D eigenvalue weighted by atomic mass is 9.87. The van der Waals surface area contributed by atoms with Gasteiger partial charge < -0.3 is 19.6 Å². The summed E-state index contributed by atoms with van der Waals surface area (Å²) >= 11 is 12.2. The Morgan fingerprint density at radius 2 is 2.07 bits per heavy atom. The van der Waals surface area contributed by atoms with Gasteiger partial charge in [0.25, 0.3) is 0 Å². The van der Waals surface area contributed by atoms with Gasteiger partial charge in [0.05, 0.1) is 23.1 Å². The monoisotopic (exact) mass is 418 g/mol. The summed E-state index contributed by atoms with van der Waals surface area (Å²) in [4.78, 5) is 12.5. The number of esters is 1. The van der Waals surface area contributed by atoms with Crippen molar-refractivity contribution in [2.24, 2.45) is 5.73 Å². The largest absolute Gasteiger partial charge is 0.463 e. The zero-order valence-electron chi connectivity index (χ0n) is 15.1. The molecule has 1 atom stereocenters. The van der Waals surface area contributed by atoms with Crippen LogP contribution >= 0.6 is 23.2 Å². The van der Waals surface area contributed by atoms with Crippen molar-refractivity contribution < 1.29 is 18.7 Å². The van der Waals surface area contributed by atoms with Crippen molar-refractivity contribution in [2.75, 3.05) is 6.61 Å². The highest BCUT2D eigenvalue weighted by Gasteiger charge is 2.38. The molecular weight excluding hydrogens is 403 g/mol. The zero-order valence-corrected chi connectivity index (χ0v) is 16.6. The average Bonchev–Trinajstić information content (AvgIpc) is 3.10. The minimum Gasteiger partial charge on any atom is -0.463 e. The van der Waals surface area contributed by atoms with E-state index in [1.165, 1.54) is 0 Å². The first kappa shape index (κ1) is 19.9. The molecule has 144 valence electrons. The quantitative estimate of drug-likeness (QED) is 0.708. The molecule has 0 spiro atoms. The molecule has 0 aliphatic carbocycles. The molecule has 2 aromatic rings. The Balaban J connectivity index is 2.10. The molecule has 2 N–H and O–H groups in total. The number of nitrogens with two attached hydrogens (primary N) is 1. The highest BCUT2D eigenvalue weighted by molar-refractivity contribution is 6.36. The highest BCUT2D eigenvalue weighted by Crippen LogP contribution is 2.42. The van der Waals surface area contributed by atoms with Crippen LogP contribution in [0.4, 0.5) is 0 Å². The third kappa shape index (κ3) is 3.59. The molecule has 1 aromatic heterocycles. The van der Waals surface area contributed by atoms with E-state index in [9.17, 15) is 10.1 Å². The van der Waals surface area contributed by atoms with E-state index in [0.29, 0.717) is 27.1 Å². The standard InChI is InChI=1S/C20H16Cl2N2O4/c1-3-26-20(25)17-10(2)27-19(24)13(9-23)18(17)16-7-6-15(28-16)12-5-4-11(21)8-14(12)22/h4-8,18H,3,24H2,1-2H3. The predicted molar refractivity (Wildman–Crippen MR) is 104 cm³/mol. The molecule has 2 heterocycles. The van der Waals surface area contributed by atoms with Crippen molar-refractivity contribution in [3.8, 4) is 17.4 Å². The minimum absolute atomic E-state index is 0.0664. The maximum absolute atomic E-state index is 12.5. The Bertz CT molecular complexity index is 1050. The fourth-order valence-corrected chi connectivity index (χ4v) is 3.48. The summed E-state index contributed by atoms with van der Waals surface area (Å²) < 4.78 is 16.5.